The van der Waals surface area contributed by atoms with Crippen molar-refractivity contribution in [2.45, 2.75) is 37.8 Å². The fourth-order valence-electron chi connectivity index (χ4n) is 1.58. The Morgan fingerprint density at radius 2 is 2.15 bits per heavy atom. The van der Waals surface area contributed by atoms with Gasteiger partial charge in [-0.15, -0.1) is 0 Å². The Balaban J connectivity index is 2.48. The summed E-state index contributed by atoms with van der Waals surface area (Å²) in [5.41, 5.74) is 0. The first-order valence-electron chi connectivity index (χ1n) is 6.70. The van der Waals surface area contributed by atoms with E-state index in [1.165, 1.54) is 6.20 Å². The molecule has 0 fully saturated rings. The Morgan fingerprint density at radius 3 is 2.80 bits per heavy atom. The summed E-state index contributed by atoms with van der Waals surface area (Å²) >= 11 is 0. The van der Waals surface area contributed by atoms with Crippen LogP contribution in [0.3, 0.4) is 0 Å². The highest BCUT2D eigenvalue weighted by Crippen LogP contribution is 2.06. The predicted octanol–water partition coefficient (Wildman–Crippen LogP) is 0.196. The molecular weight excluding hydrogens is 280 g/mol. The molecule has 0 atom stereocenters. The van der Waals surface area contributed by atoms with Gasteiger partial charge in [-0.1, -0.05) is 13.8 Å². The number of nitrogens with zero attached hydrogens (tertiary/aromatic N) is 2. The van der Waals surface area contributed by atoms with Gasteiger partial charge in [0, 0.05) is 39.0 Å². The third-order valence-electron chi connectivity index (χ3n) is 2.63. The van der Waals surface area contributed by atoms with Gasteiger partial charge in [0.05, 0.1) is 12.7 Å². The van der Waals surface area contributed by atoms with Crippen LogP contribution in [0.1, 0.15) is 20.3 Å². The number of nitrogens with one attached hydrogen (secondary N) is 2. The Morgan fingerprint density at radius 1 is 1.40 bits per heavy atom. The summed E-state index contributed by atoms with van der Waals surface area (Å²) in [6.45, 7) is 6.39. The summed E-state index contributed by atoms with van der Waals surface area (Å²) in [6, 6.07) is 0.399. The zero-order valence-corrected chi connectivity index (χ0v) is 13.1. The fourth-order valence-corrected chi connectivity index (χ4v) is 2.61. The Kier molecular flexibility index (Phi) is 7.14. The molecule has 1 heterocycles. The number of hydrogen-bond acceptors (Lipinski definition) is 5. The molecule has 20 heavy (non-hydrogen) atoms. The van der Waals surface area contributed by atoms with E-state index in [9.17, 15) is 8.42 Å². The van der Waals surface area contributed by atoms with Gasteiger partial charge in [0.25, 0.3) is 0 Å². The van der Waals surface area contributed by atoms with Crippen LogP contribution in [-0.2, 0) is 21.3 Å². The smallest absolute Gasteiger partial charge is 0.243 e. The van der Waals surface area contributed by atoms with E-state index >= 15 is 0 Å². The second-order valence-electron chi connectivity index (χ2n) is 4.79. The van der Waals surface area contributed by atoms with Crippen LogP contribution >= 0.6 is 0 Å². The third kappa shape index (κ3) is 6.00. The summed E-state index contributed by atoms with van der Waals surface area (Å²) in [4.78, 5) is 0.194. The van der Waals surface area contributed by atoms with Crippen molar-refractivity contribution in [3.63, 3.8) is 0 Å². The van der Waals surface area contributed by atoms with Crippen molar-refractivity contribution in [3.8, 4) is 0 Å². The van der Waals surface area contributed by atoms with Gasteiger partial charge in [0.15, 0.2) is 0 Å². The Hall–Kier alpha value is -0.960. The van der Waals surface area contributed by atoms with Crippen LogP contribution in [0.4, 0.5) is 0 Å². The van der Waals surface area contributed by atoms with E-state index in [1.807, 2.05) is 0 Å². The maximum atomic E-state index is 12.0. The van der Waals surface area contributed by atoms with Gasteiger partial charge in [-0.3, -0.25) is 4.68 Å². The molecule has 0 aliphatic rings. The van der Waals surface area contributed by atoms with E-state index in [-0.39, 0.29) is 4.90 Å². The van der Waals surface area contributed by atoms with Crippen molar-refractivity contribution in [2.75, 3.05) is 26.8 Å². The lowest BCUT2D eigenvalue weighted by atomic mass is 10.4. The number of methoxy groups -OCH3 is 1. The average Bonchev–Trinajstić information content (AvgIpc) is 2.84. The molecule has 116 valence electrons. The quantitative estimate of drug-likeness (QED) is 0.603. The molecule has 8 heteroatoms. The minimum Gasteiger partial charge on any atom is -0.385 e. The van der Waals surface area contributed by atoms with E-state index in [2.05, 4.69) is 29.0 Å². The third-order valence-corrected chi connectivity index (χ3v) is 4.05. The Labute approximate surface area is 120 Å². The lowest BCUT2D eigenvalue weighted by Gasteiger charge is -2.07. The molecule has 1 aromatic rings. The monoisotopic (exact) mass is 304 g/mol. The van der Waals surface area contributed by atoms with Crippen molar-refractivity contribution >= 4 is 10.0 Å². The van der Waals surface area contributed by atoms with Crippen LogP contribution in [-0.4, -0.2) is 51.0 Å². The minimum absolute atomic E-state index is 0.194. The van der Waals surface area contributed by atoms with Crippen molar-refractivity contribution in [3.05, 3.63) is 12.4 Å². The number of aromatic nitrogens is 2. The SMILES string of the molecule is COCCCNS(=O)(=O)c1cnn(CCNC(C)C)c1. The van der Waals surface area contributed by atoms with Crippen molar-refractivity contribution < 1.29 is 13.2 Å². The van der Waals surface area contributed by atoms with Crippen molar-refractivity contribution in [1.29, 1.82) is 0 Å². The topological polar surface area (TPSA) is 85.2 Å². The normalized spacial score (nSPS) is 12.2. The predicted molar refractivity (Wildman–Crippen MR) is 77.0 cm³/mol. The molecule has 0 spiro atoms. The number of rotatable bonds is 10. The molecule has 0 radical (unpaired) electrons. The van der Waals surface area contributed by atoms with Crippen molar-refractivity contribution in [2.24, 2.45) is 0 Å². The molecule has 0 unspecified atom stereocenters. The molecule has 0 aliphatic carbocycles. The van der Waals surface area contributed by atoms with E-state index < -0.39 is 10.0 Å². The summed E-state index contributed by atoms with van der Waals surface area (Å²) in [6.07, 6.45) is 3.55. The van der Waals surface area contributed by atoms with Crippen LogP contribution in [0, 0.1) is 0 Å². The highest BCUT2D eigenvalue weighted by molar-refractivity contribution is 7.89. The van der Waals surface area contributed by atoms with Gasteiger partial charge in [-0.25, -0.2) is 13.1 Å². The first kappa shape index (κ1) is 17.1. The molecule has 0 bridgehead atoms. The van der Waals surface area contributed by atoms with E-state index in [1.54, 1.807) is 18.0 Å². The largest absolute Gasteiger partial charge is 0.385 e. The highest BCUT2D eigenvalue weighted by atomic mass is 32.2. The minimum atomic E-state index is -3.47. The van der Waals surface area contributed by atoms with Gasteiger partial charge < -0.3 is 10.1 Å². The zero-order valence-electron chi connectivity index (χ0n) is 12.3. The summed E-state index contributed by atoms with van der Waals surface area (Å²) in [5, 5.41) is 7.31. The second-order valence-corrected chi connectivity index (χ2v) is 6.56. The van der Waals surface area contributed by atoms with Gasteiger partial charge in [-0.2, -0.15) is 5.10 Å². The van der Waals surface area contributed by atoms with Crippen molar-refractivity contribution in [1.82, 2.24) is 19.8 Å². The van der Waals surface area contributed by atoms with Crippen LogP contribution in [0.2, 0.25) is 0 Å². The van der Waals surface area contributed by atoms with E-state index in [0.29, 0.717) is 32.2 Å². The molecular formula is C12H24N4O3S. The van der Waals surface area contributed by atoms with Gasteiger partial charge >= 0.3 is 0 Å². The van der Waals surface area contributed by atoms with Crippen LogP contribution in [0.5, 0.6) is 0 Å². The first-order chi connectivity index (χ1) is 9.45. The maximum absolute atomic E-state index is 12.0. The number of sulfonamides is 1. The lowest BCUT2D eigenvalue weighted by molar-refractivity contribution is 0.196. The standard InChI is InChI=1S/C12H24N4O3S/c1-11(2)13-6-7-16-10-12(9-14-16)20(17,18)15-5-4-8-19-3/h9-11,13,15H,4-8H2,1-3H3. The van der Waals surface area contributed by atoms with Gasteiger partial charge in [0.1, 0.15) is 4.90 Å². The molecule has 0 amide bonds. The van der Waals surface area contributed by atoms with E-state index in [4.69, 9.17) is 4.74 Å². The molecule has 0 aromatic carbocycles. The molecule has 1 aromatic heterocycles. The molecule has 2 N–H and O–H groups in total. The van der Waals surface area contributed by atoms with Gasteiger partial charge in [-0.05, 0) is 6.42 Å². The summed E-state index contributed by atoms with van der Waals surface area (Å²) < 4.78 is 33.0. The molecule has 0 aliphatic heterocycles. The number of ether oxygens (including phenoxy) is 1. The average molecular weight is 304 g/mol. The van der Waals surface area contributed by atoms with Gasteiger partial charge in [0.2, 0.25) is 10.0 Å². The van der Waals surface area contributed by atoms with Crippen LogP contribution < -0.4 is 10.0 Å². The second kappa shape index (κ2) is 8.35. The summed E-state index contributed by atoms with van der Waals surface area (Å²) in [7, 11) is -1.88. The molecule has 1 rings (SSSR count). The van der Waals surface area contributed by atoms with Crippen LogP contribution in [0.15, 0.2) is 17.3 Å². The fraction of sp³-hybridized carbons (Fsp3) is 0.750. The molecule has 7 nitrogen and oxygen atoms in total. The van der Waals surface area contributed by atoms with Crippen LogP contribution in [0.25, 0.3) is 0 Å². The first-order valence-corrected chi connectivity index (χ1v) is 8.18. The highest BCUT2D eigenvalue weighted by Gasteiger charge is 2.15. The Bertz CT molecular complexity index is 485. The zero-order chi connectivity index (χ0) is 15.0. The summed E-state index contributed by atoms with van der Waals surface area (Å²) in [5.74, 6) is 0. The number of hydrogen-bond donors (Lipinski definition) is 2. The molecule has 0 saturated heterocycles. The molecule has 0 saturated carbocycles. The lowest BCUT2D eigenvalue weighted by Crippen LogP contribution is -2.27. The van der Waals surface area contributed by atoms with E-state index in [0.717, 1.165) is 6.54 Å². The maximum Gasteiger partial charge on any atom is 0.243 e.